The molecule has 0 aliphatic heterocycles. The lowest BCUT2D eigenvalue weighted by atomic mass is 10.1. The van der Waals surface area contributed by atoms with E-state index in [4.69, 9.17) is 4.74 Å². The fraction of sp³-hybridized carbons (Fsp3) is 0.238. The SMILES string of the molecule is CO[C@@H](C)c1c(NC(=O)Nc2ccc(-n3cccn3)c(C(F)(F)F)c2)cnc2sc(C)nc12. The number of hydrogen-bond donors (Lipinski definition) is 2. The van der Waals surface area contributed by atoms with Gasteiger partial charge in [-0.1, -0.05) is 11.3 Å². The van der Waals surface area contributed by atoms with Crippen LogP contribution in [0.2, 0.25) is 0 Å². The number of amides is 2. The van der Waals surface area contributed by atoms with Crippen LogP contribution in [0.3, 0.4) is 0 Å². The highest BCUT2D eigenvalue weighted by Gasteiger charge is 2.34. The number of carbonyl (C=O) groups excluding carboxylic acids is 1. The summed E-state index contributed by atoms with van der Waals surface area (Å²) in [4.78, 5) is 22.2. The number of fused-ring (bicyclic) bond motifs is 1. The van der Waals surface area contributed by atoms with Gasteiger partial charge in [-0.2, -0.15) is 18.3 Å². The fourth-order valence-corrected chi connectivity index (χ4v) is 4.14. The monoisotopic (exact) mass is 476 g/mol. The molecule has 3 aromatic heterocycles. The number of hydrogen-bond acceptors (Lipinski definition) is 6. The van der Waals surface area contributed by atoms with Crippen LogP contribution in [0.15, 0.2) is 42.9 Å². The zero-order valence-corrected chi connectivity index (χ0v) is 18.6. The summed E-state index contributed by atoms with van der Waals surface area (Å²) in [5.41, 5.74) is 0.473. The summed E-state index contributed by atoms with van der Waals surface area (Å²) in [6, 6.07) is 4.27. The number of aromatic nitrogens is 4. The highest BCUT2D eigenvalue weighted by atomic mass is 32.1. The third-order valence-corrected chi connectivity index (χ3v) is 5.77. The van der Waals surface area contributed by atoms with Crippen molar-refractivity contribution in [2.45, 2.75) is 26.1 Å². The lowest BCUT2D eigenvalue weighted by Gasteiger charge is -2.17. The summed E-state index contributed by atoms with van der Waals surface area (Å²) < 4.78 is 47.5. The summed E-state index contributed by atoms with van der Waals surface area (Å²) in [5, 5.41) is 9.76. The molecular weight excluding hydrogens is 457 g/mol. The molecule has 0 radical (unpaired) electrons. The van der Waals surface area contributed by atoms with Crippen LogP contribution in [0.5, 0.6) is 0 Å². The predicted octanol–water partition coefficient (Wildman–Crippen LogP) is 5.56. The van der Waals surface area contributed by atoms with Crippen LogP contribution in [0, 0.1) is 6.92 Å². The van der Waals surface area contributed by atoms with E-state index in [0.29, 0.717) is 21.6 Å². The van der Waals surface area contributed by atoms with Crippen molar-refractivity contribution >= 4 is 39.1 Å². The zero-order valence-electron chi connectivity index (χ0n) is 17.8. The minimum absolute atomic E-state index is 0.0318. The third-order valence-electron chi connectivity index (χ3n) is 4.89. The molecule has 0 aliphatic carbocycles. The second-order valence-electron chi connectivity index (χ2n) is 7.11. The van der Waals surface area contributed by atoms with Crippen molar-refractivity contribution in [2.24, 2.45) is 0 Å². The zero-order chi connectivity index (χ0) is 23.8. The first-order valence-electron chi connectivity index (χ1n) is 9.75. The smallest absolute Gasteiger partial charge is 0.377 e. The second kappa shape index (κ2) is 8.79. The molecule has 0 fully saturated rings. The maximum absolute atomic E-state index is 13.6. The normalized spacial score (nSPS) is 12.7. The molecule has 2 amide bonds. The van der Waals surface area contributed by atoms with Gasteiger partial charge >= 0.3 is 12.2 Å². The van der Waals surface area contributed by atoms with E-state index in [1.807, 2.05) is 6.92 Å². The molecule has 0 saturated carbocycles. The number of urea groups is 1. The number of nitrogens with one attached hydrogen (secondary N) is 2. The Kier molecular flexibility index (Phi) is 6.04. The van der Waals surface area contributed by atoms with Gasteiger partial charge in [0, 0.05) is 30.8 Å². The third kappa shape index (κ3) is 4.66. The van der Waals surface area contributed by atoms with Crippen molar-refractivity contribution in [1.82, 2.24) is 19.7 Å². The first-order chi connectivity index (χ1) is 15.7. The van der Waals surface area contributed by atoms with Crippen LogP contribution >= 0.6 is 11.3 Å². The minimum Gasteiger partial charge on any atom is -0.377 e. The Morgan fingerprint density at radius 3 is 2.73 bits per heavy atom. The number of benzene rings is 1. The second-order valence-corrected chi connectivity index (χ2v) is 8.29. The number of carbonyl (C=O) groups is 1. The standard InChI is InChI=1S/C21H19F3N6O2S/c1-11(32-3)17-15(10-25-19-18(17)27-12(2)33-19)29-20(31)28-13-5-6-16(30-8-4-7-26-30)14(9-13)21(22,23)24/h4-11H,1-3H3,(H2,28,29,31)/t11-/m0/s1. The molecule has 8 nitrogen and oxygen atoms in total. The Morgan fingerprint density at radius 2 is 2.06 bits per heavy atom. The molecule has 172 valence electrons. The van der Waals surface area contributed by atoms with Crippen LogP contribution in [-0.4, -0.2) is 32.9 Å². The molecule has 0 bridgehead atoms. The summed E-state index contributed by atoms with van der Waals surface area (Å²) in [6.45, 7) is 3.65. The maximum atomic E-state index is 13.6. The molecule has 3 heterocycles. The molecule has 4 rings (SSSR count). The molecule has 33 heavy (non-hydrogen) atoms. The van der Waals surface area contributed by atoms with Crippen LogP contribution in [0.1, 0.15) is 29.2 Å². The fourth-order valence-electron chi connectivity index (χ4n) is 3.37. The van der Waals surface area contributed by atoms with E-state index in [1.54, 1.807) is 6.92 Å². The largest absolute Gasteiger partial charge is 0.418 e. The lowest BCUT2D eigenvalue weighted by molar-refractivity contribution is -0.137. The molecule has 0 saturated heterocycles. The summed E-state index contributed by atoms with van der Waals surface area (Å²) in [7, 11) is 1.53. The van der Waals surface area contributed by atoms with Gasteiger partial charge in [0.05, 0.1) is 34.2 Å². The van der Waals surface area contributed by atoms with Gasteiger partial charge in [-0.05, 0) is 38.1 Å². The van der Waals surface area contributed by atoms with Crippen LogP contribution in [0.25, 0.3) is 16.0 Å². The minimum atomic E-state index is -4.64. The van der Waals surface area contributed by atoms with Gasteiger partial charge in [-0.15, -0.1) is 0 Å². The van der Waals surface area contributed by atoms with Crippen molar-refractivity contribution in [1.29, 1.82) is 0 Å². The number of aryl methyl sites for hydroxylation is 1. The Hall–Kier alpha value is -3.51. The lowest BCUT2D eigenvalue weighted by Crippen LogP contribution is -2.22. The highest BCUT2D eigenvalue weighted by molar-refractivity contribution is 7.18. The van der Waals surface area contributed by atoms with E-state index < -0.39 is 23.9 Å². The molecule has 0 unspecified atom stereocenters. The molecule has 0 spiro atoms. The van der Waals surface area contributed by atoms with E-state index >= 15 is 0 Å². The number of methoxy groups -OCH3 is 1. The van der Waals surface area contributed by atoms with Gasteiger partial charge < -0.3 is 15.4 Å². The number of rotatable bonds is 5. The molecule has 4 aromatic rings. The van der Waals surface area contributed by atoms with Gasteiger partial charge in [-0.25, -0.2) is 19.4 Å². The van der Waals surface area contributed by atoms with E-state index in [2.05, 4.69) is 25.7 Å². The van der Waals surface area contributed by atoms with Crippen LogP contribution in [0.4, 0.5) is 29.3 Å². The number of alkyl halides is 3. The van der Waals surface area contributed by atoms with Crippen molar-refractivity contribution < 1.29 is 22.7 Å². The topological polar surface area (TPSA) is 94.0 Å². The van der Waals surface area contributed by atoms with Gasteiger partial charge in [0.1, 0.15) is 10.3 Å². The van der Waals surface area contributed by atoms with Crippen molar-refractivity contribution in [3.8, 4) is 5.69 Å². The molecule has 1 atom stereocenters. The average molecular weight is 476 g/mol. The number of anilines is 2. The molecule has 2 N–H and O–H groups in total. The van der Waals surface area contributed by atoms with Crippen LogP contribution in [-0.2, 0) is 10.9 Å². The van der Waals surface area contributed by atoms with Crippen molar-refractivity contribution in [2.75, 3.05) is 17.7 Å². The number of ether oxygens (including phenoxy) is 1. The molecule has 12 heteroatoms. The number of thiazole rings is 1. The van der Waals surface area contributed by atoms with Gasteiger partial charge in [-0.3, -0.25) is 0 Å². The van der Waals surface area contributed by atoms with E-state index in [0.717, 1.165) is 15.8 Å². The number of halogens is 3. The first-order valence-corrected chi connectivity index (χ1v) is 10.6. The quantitative estimate of drug-likeness (QED) is 0.394. The molecule has 0 aliphatic rings. The maximum Gasteiger partial charge on any atom is 0.418 e. The number of pyridine rings is 1. The van der Waals surface area contributed by atoms with Crippen molar-refractivity contribution in [3.05, 3.63) is 59.0 Å². The van der Waals surface area contributed by atoms with E-state index in [9.17, 15) is 18.0 Å². The van der Waals surface area contributed by atoms with Crippen molar-refractivity contribution in [3.63, 3.8) is 0 Å². The molecule has 1 aromatic carbocycles. The highest BCUT2D eigenvalue weighted by Crippen LogP contribution is 2.36. The van der Waals surface area contributed by atoms with E-state index in [1.165, 1.54) is 55.2 Å². The van der Waals surface area contributed by atoms with Gasteiger partial charge in [0.2, 0.25) is 0 Å². The van der Waals surface area contributed by atoms with Gasteiger partial charge in [0.25, 0.3) is 0 Å². The summed E-state index contributed by atoms with van der Waals surface area (Å²) in [5.74, 6) is 0. The Morgan fingerprint density at radius 1 is 1.27 bits per heavy atom. The summed E-state index contributed by atoms with van der Waals surface area (Å²) in [6.07, 6.45) is -0.781. The van der Waals surface area contributed by atoms with Crippen LogP contribution < -0.4 is 10.6 Å². The van der Waals surface area contributed by atoms with Gasteiger partial charge in [0.15, 0.2) is 0 Å². The Balaban J connectivity index is 1.63. The predicted molar refractivity (Wildman–Crippen MR) is 119 cm³/mol. The molecular formula is C21H19F3N6O2S. The Labute approximate surface area is 190 Å². The average Bonchev–Trinajstić information content (AvgIpc) is 3.41. The first kappa shape index (κ1) is 22.7. The Bertz CT molecular complexity index is 1300. The number of nitrogens with zero attached hydrogens (tertiary/aromatic N) is 4. The van der Waals surface area contributed by atoms with E-state index in [-0.39, 0.29) is 11.4 Å². The summed E-state index contributed by atoms with van der Waals surface area (Å²) >= 11 is 1.41.